The van der Waals surface area contributed by atoms with E-state index >= 15 is 0 Å². The summed E-state index contributed by atoms with van der Waals surface area (Å²) in [4.78, 5) is 21.0. The van der Waals surface area contributed by atoms with Crippen molar-refractivity contribution in [1.82, 2.24) is 24.7 Å². The van der Waals surface area contributed by atoms with Crippen LogP contribution in [0.3, 0.4) is 0 Å². The Bertz CT molecular complexity index is 1220. The van der Waals surface area contributed by atoms with E-state index in [2.05, 4.69) is 10.3 Å². The van der Waals surface area contributed by atoms with Crippen LogP contribution in [-0.4, -0.2) is 52.6 Å². The van der Waals surface area contributed by atoms with Gasteiger partial charge in [0.1, 0.15) is 12.1 Å². The molecule has 0 atom stereocenters. The number of para-hydroxylation sites is 2. The van der Waals surface area contributed by atoms with E-state index in [0.717, 1.165) is 22.3 Å². The number of amides is 2. The number of imidazole rings is 1. The molecule has 4 rings (SSSR count). The van der Waals surface area contributed by atoms with E-state index in [0.29, 0.717) is 25.2 Å². The van der Waals surface area contributed by atoms with Crippen LogP contribution >= 0.6 is 0 Å². The number of urea groups is 1. The van der Waals surface area contributed by atoms with Gasteiger partial charge in [0.2, 0.25) is 0 Å². The van der Waals surface area contributed by atoms with Gasteiger partial charge >= 0.3 is 6.03 Å². The number of likely N-dealkylation sites (N-methyl/N-ethyl adjacent to an activating group) is 1. The number of aromatic nitrogens is 2. The van der Waals surface area contributed by atoms with Gasteiger partial charge in [0, 0.05) is 30.9 Å². The highest BCUT2D eigenvalue weighted by atomic mass is 19.1. The summed E-state index contributed by atoms with van der Waals surface area (Å²) in [6.07, 6.45) is 1.81. The summed E-state index contributed by atoms with van der Waals surface area (Å²) in [5, 5.41) is 2.97. The smallest absolute Gasteiger partial charge is 0.318 e. The maximum absolute atomic E-state index is 14.1. The molecule has 3 aromatic carbocycles. The van der Waals surface area contributed by atoms with E-state index in [1.54, 1.807) is 23.1 Å². The van der Waals surface area contributed by atoms with Gasteiger partial charge in [-0.2, -0.15) is 0 Å². The van der Waals surface area contributed by atoms with Crippen LogP contribution in [0.5, 0.6) is 0 Å². The van der Waals surface area contributed by atoms with Gasteiger partial charge in [-0.05, 0) is 50.0 Å². The minimum absolute atomic E-state index is 0.218. The van der Waals surface area contributed by atoms with Crippen molar-refractivity contribution in [2.45, 2.75) is 13.1 Å². The average molecular weight is 446 g/mol. The van der Waals surface area contributed by atoms with E-state index in [1.165, 1.54) is 6.07 Å². The Morgan fingerprint density at radius 1 is 0.970 bits per heavy atom. The molecule has 0 fully saturated rings. The van der Waals surface area contributed by atoms with Crippen LogP contribution in [0.25, 0.3) is 16.7 Å². The Morgan fingerprint density at radius 2 is 1.70 bits per heavy atom. The summed E-state index contributed by atoms with van der Waals surface area (Å²) in [6, 6.07) is 22.3. The third-order valence-electron chi connectivity index (χ3n) is 5.54. The van der Waals surface area contributed by atoms with Crippen molar-refractivity contribution in [3.63, 3.8) is 0 Å². The number of benzene rings is 3. The second kappa shape index (κ2) is 10.3. The molecule has 4 aromatic rings. The van der Waals surface area contributed by atoms with Crippen LogP contribution in [0.15, 0.2) is 79.1 Å². The molecular weight excluding hydrogens is 417 g/mol. The molecular formula is C26H28FN5O. The van der Waals surface area contributed by atoms with Gasteiger partial charge in [-0.1, -0.05) is 42.5 Å². The zero-order chi connectivity index (χ0) is 23.2. The normalized spacial score (nSPS) is 11.2. The Hall–Kier alpha value is -3.71. The average Bonchev–Trinajstić information content (AvgIpc) is 3.26. The Morgan fingerprint density at radius 3 is 2.45 bits per heavy atom. The zero-order valence-electron chi connectivity index (χ0n) is 18.9. The standard InChI is InChI=1S/C26H28FN5O/c1-30(2)15-16-31(18-21-7-3-4-8-23(21)27)26(33)28-17-20-11-13-22(14-12-20)32-19-29-24-9-5-6-10-25(24)32/h3-14,19H,15-18H2,1-2H3,(H,28,33). The highest BCUT2D eigenvalue weighted by molar-refractivity contribution is 5.77. The number of rotatable bonds is 8. The lowest BCUT2D eigenvalue weighted by Crippen LogP contribution is -2.42. The van der Waals surface area contributed by atoms with Gasteiger partial charge in [-0.15, -0.1) is 0 Å². The van der Waals surface area contributed by atoms with Crippen molar-refractivity contribution >= 4 is 17.1 Å². The lowest BCUT2D eigenvalue weighted by Gasteiger charge is -2.25. The van der Waals surface area contributed by atoms with Gasteiger partial charge in [-0.3, -0.25) is 4.57 Å². The number of nitrogens with zero attached hydrogens (tertiary/aromatic N) is 4. The van der Waals surface area contributed by atoms with Gasteiger partial charge in [0.15, 0.2) is 0 Å². The van der Waals surface area contributed by atoms with Gasteiger partial charge in [0.25, 0.3) is 0 Å². The molecule has 0 radical (unpaired) electrons. The molecule has 0 bridgehead atoms. The van der Waals surface area contributed by atoms with Crippen LogP contribution in [0, 0.1) is 5.82 Å². The first kappa shape index (κ1) is 22.5. The second-order valence-corrected chi connectivity index (χ2v) is 8.24. The molecule has 6 nitrogen and oxygen atoms in total. The number of fused-ring (bicyclic) bond motifs is 1. The molecule has 0 unspecified atom stereocenters. The first-order valence-corrected chi connectivity index (χ1v) is 10.9. The third-order valence-corrected chi connectivity index (χ3v) is 5.54. The minimum Gasteiger partial charge on any atom is -0.334 e. The SMILES string of the molecule is CN(C)CCN(Cc1ccccc1F)C(=O)NCc1ccc(-n2cnc3ccccc32)cc1. The molecule has 1 heterocycles. The fourth-order valence-electron chi connectivity index (χ4n) is 3.63. The monoisotopic (exact) mass is 445 g/mol. The van der Waals surface area contributed by atoms with Crippen LogP contribution in [0.2, 0.25) is 0 Å². The third kappa shape index (κ3) is 5.56. The Balaban J connectivity index is 1.41. The van der Waals surface area contributed by atoms with Crippen LogP contribution in [0.1, 0.15) is 11.1 Å². The second-order valence-electron chi connectivity index (χ2n) is 8.24. The summed E-state index contributed by atoms with van der Waals surface area (Å²) >= 11 is 0. The minimum atomic E-state index is -0.303. The molecule has 170 valence electrons. The summed E-state index contributed by atoms with van der Waals surface area (Å²) in [7, 11) is 3.90. The lowest BCUT2D eigenvalue weighted by molar-refractivity contribution is 0.187. The van der Waals surface area contributed by atoms with Gasteiger partial charge in [0.05, 0.1) is 17.6 Å². The fraction of sp³-hybridized carbons (Fsp3) is 0.231. The predicted octanol–water partition coefficient (Wildman–Crippen LogP) is 4.44. The highest BCUT2D eigenvalue weighted by Gasteiger charge is 2.16. The molecule has 0 saturated carbocycles. The van der Waals surface area contributed by atoms with Crippen molar-refractivity contribution in [2.75, 3.05) is 27.2 Å². The zero-order valence-corrected chi connectivity index (χ0v) is 18.9. The number of carbonyl (C=O) groups is 1. The van der Waals surface area contributed by atoms with Gasteiger partial charge in [-0.25, -0.2) is 14.2 Å². The number of halogens is 1. The number of carbonyl (C=O) groups excluding carboxylic acids is 1. The van der Waals surface area contributed by atoms with Crippen molar-refractivity contribution in [1.29, 1.82) is 0 Å². The quantitative estimate of drug-likeness (QED) is 0.436. The number of hydrogen-bond acceptors (Lipinski definition) is 3. The van der Waals surface area contributed by atoms with E-state index in [-0.39, 0.29) is 18.4 Å². The lowest BCUT2D eigenvalue weighted by atomic mass is 10.2. The predicted molar refractivity (Wildman–Crippen MR) is 129 cm³/mol. The number of nitrogens with one attached hydrogen (secondary N) is 1. The molecule has 2 amide bonds. The van der Waals surface area contributed by atoms with Crippen molar-refractivity contribution in [2.24, 2.45) is 0 Å². The molecule has 7 heteroatoms. The maximum Gasteiger partial charge on any atom is 0.318 e. The molecule has 33 heavy (non-hydrogen) atoms. The van der Waals surface area contributed by atoms with E-state index in [1.807, 2.05) is 78.4 Å². The van der Waals surface area contributed by atoms with E-state index < -0.39 is 0 Å². The van der Waals surface area contributed by atoms with Crippen molar-refractivity contribution < 1.29 is 9.18 Å². The highest BCUT2D eigenvalue weighted by Crippen LogP contribution is 2.18. The maximum atomic E-state index is 14.1. The molecule has 0 aliphatic rings. The van der Waals surface area contributed by atoms with Crippen molar-refractivity contribution in [3.8, 4) is 5.69 Å². The molecule has 1 aromatic heterocycles. The van der Waals surface area contributed by atoms with Crippen LogP contribution in [-0.2, 0) is 13.1 Å². The van der Waals surface area contributed by atoms with E-state index in [4.69, 9.17) is 0 Å². The fourth-order valence-corrected chi connectivity index (χ4v) is 3.63. The van der Waals surface area contributed by atoms with Crippen molar-refractivity contribution in [3.05, 3.63) is 96.1 Å². The molecule has 0 saturated heterocycles. The van der Waals surface area contributed by atoms with Gasteiger partial charge < -0.3 is 15.1 Å². The molecule has 0 spiro atoms. The topological polar surface area (TPSA) is 53.4 Å². The largest absolute Gasteiger partial charge is 0.334 e. The summed E-state index contributed by atoms with van der Waals surface area (Å²) in [5.74, 6) is -0.303. The molecule has 1 N–H and O–H groups in total. The molecule has 0 aliphatic heterocycles. The Labute approximate surface area is 193 Å². The van der Waals surface area contributed by atoms with Crippen LogP contribution in [0.4, 0.5) is 9.18 Å². The molecule has 0 aliphatic carbocycles. The first-order valence-electron chi connectivity index (χ1n) is 10.9. The first-order chi connectivity index (χ1) is 16.0. The van der Waals surface area contributed by atoms with Crippen LogP contribution < -0.4 is 5.32 Å². The summed E-state index contributed by atoms with van der Waals surface area (Å²) < 4.78 is 16.2. The number of hydrogen-bond donors (Lipinski definition) is 1. The summed E-state index contributed by atoms with van der Waals surface area (Å²) in [5.41, 5.74) is 4.48. The Kier molecular flexibility index (Phi) is 7.00. The summed E-state index contributed by atoms with van der Waals surface area (Å²) in [6.45, 7) is 1.80. The van der Waals surface area contributed by atoms with E-state index in [9.17, 15) is 9.18 Å².